The second kappa shape index (κ2) is 9.71. The molecule has 2 unspecified atom stereocenters. The molecule has 2 N–H and O–H groups in total. The van der Waals surface area contributed by atoms with Gasteiger partial charge in [0.25, 0.3) is 5.91 Å². The highest BCUT2D eigenvalue weighted by atomic mass is 19.4. The minimum absolute atomic E-state index is 0.0187. The van der Waals surface area contributed by atoms with Gasteiger partial charge in [0, 0.05) is 26.2 Å². The van der Waals surface area contributed by atoms with Crippen LogP contribution in [0.15, 0.2) is 42.5 Å². The number of benzene rings is 2. The number of alkyl halides is 6. The molecule has 12 heteroatoms. The lowest BCUT2D eigenvalue weighted by Gasteiger charge is -2.41. The van der Waals surface area contributed by atoms with Gasteiger partial charge in [0.1, 0.15) is 12.1 Å². The first-order valence-corrected chi connectivity index (χ1v) is 10.1. The van der Waals surface area contributed by atoms with E-state index in [9.17, 15) is 40.3 Å². The second-order valence-electron chi connectivity index (χ2n) is 7.80. The van der Waals surface area contributed by atoms with Crippen LogP contribution in [-0.2, 0) is 17.1 Å². The molecule has 1 saturated heterocycles. The quantitative estimate of drug-likeness (QED) is 0.509. The molecule has 1 fully saturated rings. The highest BCUT2D eigenvalue weighted by Crippen LogP contribution is 2.35. The first-order chi connectivity index (χ1) is 15.8. The van der Waals surface area contributed by atoms with Gasteiger partial charge in [0.2, 0.25) is 0 Å². The predicted octanol–water partition coefficient (Wildman–Crippen LogP) is 3.89. The molecule has 1 heterocycles. The SMILES string of the molecule is NC(C=O)C(c1cccc(C(F)(F)F)c1)N1CCN(C(=O)c2cc(F)ccc2C(F)(F)F)CC1. The van der Waals surface area contributed by atoms with Crippen LogP contribution in [-0.4, -0.2) is 54.2 Å². The van der Waals surface area contributed by atoms with E-state index in [1.165, 1.54) is 12.1 Å². The lowest BCUT2D eigenvalue weighted by molar-refractivity contribution is -0.138. The number of hydrogen-bond donors (Lipinski definition) is 1. The van der Waals surface area contributed by atoms with Crippen LogP contribution in [0.2, 0.25) is 0 Å². The summed E-state index contributed by atoms with van der Waals surface area (Å²) in [4.78, 5) is 26.8. The van der Waals surface area contributed by atoms with Gasteiger partial charge in [-0.25, -0.2) is 4.39 Å². The van der Waals surface area contributed by atoms with Crippen molar-refractivity contribution in [3.63, 3.8) is 0 Å². The maximum Gasteiger partial charge on any atom is 0.417 e. The summed E-state index contributed by atoms with van der Waals surface area (Å²) >= 11 is 0. The molecule has 1 amide bonds. The van der Waals surface area contributed by atoms with E-state index in [1.807, 2.05) is 0 Å². The van der Waals surface area contributed by atoms with Crippen molar-refractivity contribution < 1.29 is 40.3 Å². The van der Waals surface area contributed by atoms with E-state index >= 15 is 0 Å². The number of amides is 1. The minimum atomic E-state index is -4.87. The van der Waals surface area contributed by atoms with Gasteiger partial charge in [-0.2, -0.15) is 26.3 Å². The van der Waals surface area contributed by atoms with E-state index in [-0.39, 0.29) is 31.7 Å². The molecule has 0 aliphatic carbocycles. The standard InChI is InChI=1S/C22H20F7N3O2/c23-15-4-5-17(22(27,28)29)16(11-15)20(34)32-8-6-31(7-9-32)19(18(30)12-33)13-2-1-3-14(10-13)21(24,25)26/h1-5,10-12,18-19H,6-9,30H2. The largest absolute Gasteiger partial charge is 0.417 e. The van der Waals surface area contributed by atoms with E-state index in [0.717, 1.165) is 17.0 Å². The van der Waals surface area contributed by atoms with E-state index in [4.69, 9.17) is 5.73 Å². The van der Waals surface area contributed by atoms with Gasteiger partial charge < -0.3 is 15.4 Å². The molecule has 0 radical (unpaired) electrons. The number of nitrogens with zero attached hydrogens (tertiary/aromatic N) is 2. The lowest BCUT2D eigenvalue weighted by atomic mass is 9.96. The summed E-state index contributed by atoms with van der Waals surface area (Å²) in [6, 6.07) is 3.82. The third-order valence-electron chi connectivity index (χ3n) is 5.59. The van der Waals surface area contributed by atoms with Crippen molar-refractivity contribution >= 4 is 12.2 Å². The zero-order valence-corrected chi connectivity index (χ0v) is 17.5. The maximum atomic E-state index is 13.6. The molecule has 0 saturated carbocycles. The molecule has 3 rings (SSSR count). The summed E-state index contributed by atoms with van der Waals surface area (Å²) in [7, 11) is 0. The number of aldehydes is 1. The topological polar surface area (TPSA) is 66.6 Å². The van der Waals surface area contributed by atoms with Crippen LogP contribution in [0.5, 0.6) is 0 Å². The van der Waals surface area contributed by atoms with Crippen molar-refractivity contribution in [2.24, 2.45) is 5.73 Å². The minimum Gasteiger partial charge on any atom is -0.336 e. The molecule has 2 atom stereocenters. The van der Waals surface area contributed by atoms with Crippen molar-refractivity contribution in [3.05, 3.63) is 70.5 Å². The number of rotatable bonds is 5. The van der Waals surface area contributed by atoms with E-state index in [1.54, 1.807) is 4.90 Å². The van der Waals surface area contributed by atoms with Crippen LogP contribution in [0, 0.1) is 5.82 Å². The van der Waals surface area contributed by atoms with Gasteiger partial charge in [-0.15, -0.1) is 0 Å². The number of nitrogens with two attached hydrogens (primary N) is 1. The summed E-state index contributed by atoms with van der Waals surface area (Å²) in [6.45, 7) is -0.170. The fourth-order valence-corrected chi connectivity index (χ4v) is 3.96. The molecular weight excluding hydrogens is 471 g/mol. The Hall–Kier alpha value is -2.99. The number of carbonyl (C=O) groups is 2. The molecule has 5 nitrogen and oxygen atoms in total. The second-order valence-corrected chi connectivity index (χ2v) is 7.80. The molecule has 2 aromatic rings. The molecular formula is C22H20F7N3O2. The number of carbonyl (C=O) groups excluding carboxylic acids is 2. The van der Waals surface area contributed by atoms with Crippen LogP contribution < -0.4 is 5.73 Å². The Balaban J connectivity index is 1.82. The third-order valence-corrected chi connectivity index (χ3v) is 5.59. The van der Waals surface area contributed by atoms with Crippen molar-refractivity contribution in [2.75, 3.05) is 26.2 Å². The monoisotopic (exact) mass is 491 g/mol. The van der Waals surface area contributed by atoms with Crippen LogP contribution >= 0.6 is 0 Å². The summed E-state index contributed by atoms with van der Waals surface area (Å²) in [5, 5.41) is 0. The average Bonchev–Trinajstić information content (AvgIpc) is 2.78. The Kier molecular flexibility index (Phi) is 7.32. The Morgan fingerprint density at radius 3 is 2.15 bits per heavy atom. The highest BCUT2D eigenvalue weighted by Gasteiger charge is 2.38. The third kappa shape index (κ3) is 5.55. The van der Waals surface area contributed by atoms with E-state index < -0.39 is 52.9 Å². The number of hydrogen-bond acceptors (Lipinski definition) is 4. The van der Waals surface area contributed by atoms with E-state index in [0.29, 0.717) is 24.5 Å². The van der Waals surface area contributed by atoms with Crippen LogP contribution in [0.3, 0.4) is 0 Å². The molecule has 34 heavy (non-hydrogen) atoms. The molecule has 1 aliphatic rings. The normalized spacial score (nSPS) is 17.4. The first-order valence-electron chi connectivity index (χ1n) is 10.1. The molecule has 0 bridgehead atoms. The van der Waals surface area contributed by atoms with Gasteiger partial charge in [-0.1, -0.05) is 12.1 Å². The van der Waals surface area contributed by atoms with Crippen LogP contribution in [0.4, 0.5) is 30.7 Å². The molecule has 1 aliphatic heterocycles. The predicted molar refractivity (Wildman–Crippen MR) is 107 cm³/mol. The Bertz CT molecular complexity index is 1050. The first kappa shape index (κ1) is 25.6. The molecule has 0 spiro atoms. The zero-order valence-electron chi connectivity index (χ0n) is 17.5. The summed E-state index contributed by atoms with van der Waals surface area (Å²) in [5.74, 6) is -2.03. The Labute approximate surface area is 189 Å². The van der Waals surface area contributed by atoms with Crippen molar-refractivity contribution in [3.8, 4) is 0 Å². The maximum absolute atomic E-state index is 13.6. The van der Waals surface area contributed by atoms with Crippen LogP contribution in [0.25, 0.3) is 0 Å². The number of piperazine rings is 1. The van der Waals surface area contributed by atoms with Gasteiger partial charge in [0.15, 0.2) is 0 Å². The average molecular weight is 491 g/mol. The molecule has 2 aromatic carbocycles. The zero-order chi connectivity index (χ0) is 25.3. The summed E-state index contributed by atoms with van der Waals surface area (Å²) < 4.78 is 92.8. The van der Waals surface area contributed by atoms with Gasteiger partial charge in [-0.3, -0.25) is 9.69 Å². The summed E-state index contributed by atoms with van der Waals surface area (Å²) in [5.41, 5.74) is 2.98. The van der Waals surface area contributed by atoms with Crippen molar-refractivity contribution in [1.82, 2.24) is 9.80 Å². The fourth-order valence-electron chi connectivity index (χ4n) is 3.96. The smallest absolute Gasteiger partial charge is 0.336 e. The van der Waals surface area contributed by atoms with Gasteiger partial charge in [0.05, 0.1) is 28.8 Å². The van der Waals surface area contributed by atoms with Crippen molar-refractivity contribution in [2.45, 2.75) is 24.4 Å². The van der Waals surface area contributed by atoms with Crippen molar-refractivity contribution in [1.29, 1.82) is 0 Å². The fraction of sp³-hybridized carbons (Fsp3) is 0.364. The van der Waals surface area contributed by atoms with Gasteiger partial charge in [-0.05, 0) is 35.9 Å². The molecule has 184 valence electrons. The van der Waals surface area contributed by atoms with Gasteiger partial charge >= 0.3 is 12.4 Å². The summed E-state index contributed by atoms with van der Waals surface area (Å²) in [6.07, 6.45) is -9.09. The number of halogens is 7. The lowest BCUT2D eigenvalue weighted by Crippen LogP contribution is -2.53. The van der Waals surface area contributed by atoms with Crippen LogP contribution in [0.1, 0.15) is 33.1 Å². The Morgan fingerprint density at radius 1 is 0.941 bits per heavy atom. The highest BCUT2D eigenvalue weighted by molar-refractivity contribution is 5.96. The molecule has 0 aromatic heterocycles. The van der Waals surface area contributed by atoms with E-state index in [2.05, 4.69) is 0 Å². The Morgan fingerprint density at radius 2 is 1.59 bits per heavy atom.